The maximum Gasteiger partial charge on any atom is 0.335 e. The second kappa shape index (κ2) is 5.60. The summed E-state index contributed by atoms with van der Waals surface area (Å²) in [5.74, 6) is -1.37. The van der Waals surface area contributed by atoms with Crippen LogP contribution in [0.25, 0.3) is 0 Å². The van der Waals surface area contributed by atoms with Crippen molar-refractivity contribution < 1.29 is 19.5 Å². The quantitative estimate of drug-likeness (QED) is 0.733. The minimum atomic E-state index is -0.969. The summed E-state index contributed by atoms with van der Waals surface area (Å²) in [7, 11) is 1.43. The molecular formula is C13H15N3O4. The van der Waals surface area contributed by atoms with Crippen molar-refractivity contribution in [2.24, 2.45) is 0 Å². The highest BCUT2D eigenvalue weighted by Gasteiger charge is 2.22. The summed E-state index contributed by atoms with van der Waals surface area (Å²) in [5.41, 5.74) is 1.97. The first-order chi connectivity index (χ1) is 9.51. The molecule has 20 heavy (non-hydrogen) atoms. The number of imide groups is 1. The van der Waals surface area contributed by atoms with E-state index in [1.807, 2.05) is 4.90 Å². The molecule has 0 aliphatic carbocycles. The van der Waals surface area contributed by atoms with Gasteiger partial charge in [0.15, 0.2) is 0 Å². The Kier molecular flexibility index (Phi) is 3.88. The van der Waals surface area contributed by atoms with E-state index in [1.165, 1.54) is 13.1 Å². The summed E-state index contributed by atoms with van der Waals surface area (Å²) in [6.45, 7) is 0.687. The van der Waals surface area contributed by atoms with Crippen LogP contribution in [0.1, 0.15) is 15.9 Å². The molecule has 0 bridgehead atoms. The summed E-state index contributed by atoms with van der Waals surface area (Å²) in [4.78, 5) is 35.4. The molecule has 0 saturated heterocycles. The van der Waals surface area contributed by atoms with Crippen molar-refractivity contribution in [2.75, 3.05) is 25.0 Å². The lowest BCUT2D eigenvalue weighted by Gasteiger charge is -2.18. The highest BCUT2D eigenvalue weighted by atomic mass is 16.4. The monoisotopic (exact) mass is 277 g/mol. The van der Waals surface area contributed by atoms with Crippen LogP contribution >= 0.6 is 0 Å². The third-order valence-electron chi connectivity index (χ3n) is 3.13. The number of carbonyl (C=O) groups excluding carboxylic acids is 2. The maximum absolute atomic E-state index is 11.6. The lowest BCUT2D eigenvalue weighted by atomic mass is 10.1. The fourth-order valence-corrected chi connectivity index (χ4v) is 2.17. The van der Waals surface area contributed by atoms with Crippen molar-refractivity contribution in [1.29, 1.82) is 0 Å². The average molecular weight is 277 g/mol. The predicted molar refractivity (Wildman–Crippen MR) is 71.9 cm³/mol. The van der Waals surface area contributed by atoms with Crippen LogP contribution in [0.3, 0.4) is 0 Å². The van der Waals surface area contributed by atoms with Gasteiger partial charge in [-0.25, -0.2) is 9.59 Å². The number of hydrogen-bond acceptors (Lipinski definition) is 4. The number of nitrogens with one attached hydrogen (secondary N) is 2. The predicted octanol–water partition coefficient (Wildman–Crippen LogP) is 0.203. The van der Waals surface area contributed by atoms with Gasteiger partial charge in [-0.2, -0.15) is 0 Å². The van der Waals surface area contributed by atoms with E-state index in [-0.39, 0.29) is 12.1 Å². The Bertz CT molecular complexity index is 571. The molecule has 106 valence electrons. The van der Waals surface area contributed by atoms with Crippen molar-refractivity contribution in [2.45, 2.75) is 6.42 Å². The number of benzene rings is 1. The minimum Gasteiger partial charge on any atom is -0.478 e. The molecule has 0 saturated carbocycles. The molecule has 1 aliphatic heterocycles. The van der Waals surface area contributed by atoms with E-state index in [9.17, 15) is 14.4 Å². The van der Waals surface area contributed by atoms with Crippen LogP contribution in [0.15, 0.2) is 18.2 Å². The van der Waals surface area contributed by atoms with E-state index < -0.39 is 17.9 Å². The third kappa shape index (κ3) is 2.87. The second-order valence-corrected chi connectivity index (χ2v) is 4.45. The number of rotatable bonds is 3. The molecule has 0 atom stereocenters. The molecule has 7 heteroatoms. The fourth-order valence-electron chi connectivity index (χ4n) is 2.17. The van der Waals surface area contributed by atoms with Crippen molar-refractivity contribution in [1.82, 2.24) is 10.6 Å². The molecular weight excluding hydrogens is 262 g/mol. The van der Waals surface area contributed by atoms with Crippen LogP contribution in [0, 0.1) is 0 Å². The van der Waals surface area contributed by atoms with E-state index in [0.717, 1.165) is 11.3 Å². The number of carbonyl (C=O) groups is 3. The van der Waals surface area contributed by atoms with Gasteiger partial charge in [-0.3, -0.25) is 10.1 Å². The third-order valence-corrected chi connectivity index (χ3v) is 3.13. The molecule has 3 N–H and O–H groups in total. The first kappa shape index (κ1) is 13.9. The fraction of sp³-hybridized carbons (Fsp3) is 0.308. The van der Waals surface area contributed by atoms with Gasteiger partial charge in [-0.1, -0.05) is 0 Å². The highest BCUT2D eigenvalue weighted by Crippen LogP contribution is 2.28. The summed E-state index contributed by atoms with van der Waals surface area (Å²) in [5, 5.41) is 13.4. The molecule has 1 aliphatic rings. The molecule has 0 unspecified atom stereocenters. The number of fused-ring (bicyclic) bond motifs is 1. The van der Waals surface area contributed by atoms with Crippen LogP contribution in [-0.2, 0) is 11.2 Å². The molecule has 0 aromatic heterocycles. The standard InChI is InChI=1S/C13H15N3O4/c1-14-13(20)15-11(17)7-16-5-4-8-6-9(12(18)19)2-3-10(8)16/h2-3,6H,4-5,7H2,1H3,(H,18,19)(H2,14,15,17,20). The van der Waals surface area contributed by atoms with Gasteiger partial charge >= 0.3 is 12.0 Å². The lowest BCUT2D eigenvalue weighted by molar-refractivity contribution is -0.118. The van der Waals surface area contributed by atoms with Gasteiger partial charge in [0.25, 0.3) is 0 Å². The van der Waals surface area contributed by atoms with E-state index in [1.54, 1.807) is 12.1 Å². The molecule has 2 rings (SSSR count). The number of nitrogens with zero attached hydrogens (tertiary/aromatic N) is 1. The Morgan fingerprint density at radius 2 is 2.10 bits per heavy atom. The molecule has 3 amide bonds. The van der Waals surface area contributed by atoms with Gasteiger partial charge in [0, 0.05) is 19.3 Å². The first-order valence-electron chi connectivity index (χ1n) is 6.14. The maximum atomic E-state index is 11.6. The smallest absolute Gasteiger partial charge is 0.335 e. The molecule has 1 aromatic rings. The van der Waals surface area contributed by atoms with E-state index in [2.05, 4.69) is 10.6 Å². The molecule has 0 radical (unpaired) electrons. The molecule has 0 spiro atoms. The Hall–Kier alpha value is -2.57. The molecule has 1 heterocycles. The van der Waals surface area contributed by atoms with Crippen molar-refractivity contribution in [3.05, 3.63) is 29.3 Å². The Balaban J connectivity index is 2.07. The van der Waals surface area contributed by atoms with Gasteiger partial charge in [0.2, 0.25) is 5.91 Å². The second-order valence-electron chi connectivity index (χ2n) is 4.45. The van der Waals surface area contributed by atoms with Gasteiger partial charge in [0.1, 0.15) is 0 Å². The Labute approximate surface area is 115 Å². The number of carboxylic acids is 1. The van der Waals surface area contributed by atoms with Crippen molar-refractivity contribution >= 4 is 23.6 Å². The number of aromatic carboxylic acids is 1. The Morgan fingerprint density at radius 3 is 2.75 bits per heavy atom. The van der Waals surface area contributed by atoms with Gasteiger partial charge in [-0.05, 0) is 30.2 Å². The first-order valence-corrected chi connectivity index (χ1v) is 6.14. The zero-order valence-electron chi connectivity index (χ0n) is 11.0. The van der Waals surface area contributed by atoms with E-state index in [4.69, 9.17) is 5.11 Å². The van der Waals surface area contributed by atoms with Gasteiger partial charge in [-0.15, -0.1) is 0 Å². The normalized spacial score (nSPS) is 12.8. The molecule has 0 fully saturated rings. The van der Waals surface area contributed by atoms with Gasteiger partial charge < -0.3 is 15.3 Å². The summed E-state index contributed by atoms with van der Waals surface area (Å²) in [6.07, 6.45) is 0.684. The summed E-state index contributed by atoms with van der Waals surface area (Å²) >= 11 is 0. The lowest BCUT2D eigenvalue weighted by Crippen LogP contribution is -2.43. The number of carboxylic acid groups (broad SMARTS) is 1. The topological polar surface area (TPSA) is 98.7 Å². The zero-order chi connectivity index (χ0) is 14.7. The van der Waals surface area contributed by atoms with Crippen molar-refractivity contribution in [3.8, 4) is 0 Å². The van der Waals surface area contributed by atoms with Crippen molar-refractivity contribution in [3.63, 3.8) is 0 Å². The average Bonchev–Trinajstić information content (AvgIpc) is 2.80. The van der Waals surface area contributed by atoms with Crippen LogP contribution in [0.5, 0.6) is 0 Å². The van der Waals surface area contributed by atoms with Gasteiger partial charge in [0.05, 0.1) is 12.1 Å². The molecule has 1 aromatic carbocycles. The summed E-state index contributed by atoms with van der Waals surface area (Å²) < 4.78 is 0. The summed E-state index contributed by atoms with van der Waals surface area (Å²) in [6, 6.07) is 4.28. The number of amides is 3. The van der Waals surface area contributed by atoms with E-state index in [0.29, 0.717) is 13.0 Å². The highest BCUT2D eigenvalue weighted by molar-refractivity contribution is 5.96. The largest absolute Gasteiger partial charge is 0.478 e. The minimum absolute atomic E-state index is 0.0623. The SMILES string of the molecule is CNC(=O)NC(=O)CN1CCc2cc(C(=O)O)ccc21. The van der Waals surface area contributed by atoms with E-state index >= 15 is 0 Å². The zero-order valence-corrected chi connectivity index (χ0v) is 11.0. The molecule has 7 nitrogen and oxygen atoms in total. The van der Waals surface area contributed by atoms with Crippen LogP contribution < -0.4 is 15.5 Å². The number of urea groups is 1. The number of hydrogen-bond donors (Lipinski definition) is 3. The number of anilines is 1. The van der Waals surface area contributed by atoms with Crippen LogP contribution in [-0.4, -0.2) is 43.2 Å². The Morgan fingerprint density at radius 1 is 1.35 bits per heavy atom. The van der Waals surface area contributed by atoms with Crippen LogP contribution in [0.2, 0.25) is 0 Å². The van der Waals surface area contributed by atoms with Crippen LogP contribution in [0.4, 0.5) is 10.5 Å².